The van der Waals surface area contributed by atoms with E-state index in [0.717, 1.165) is 34.7 Å². The Hall–Kier alpha value is -2.09. The molecule has 24 heavy (non-hydrogen) atoms. The van der Waals surface area contributed by atoms with Crippen LogP contribution in [0.15, 0.2) is 35.8 Å². The number of thiophene rings is 1. The lowest BCUT2D eigenvalue weighted by Gasteiger charge is -2.23. The van der Waals surface area contributed by atoms with E-state index in [1.165, 1.54) is 0 Å². The first-order chi connectivity index (χ1) is 11.6. The van der Waals surface area contributed by atoms with Gasteiger partial charge >= 0.3 is 0 Å². The SMILES string of the molecule is CN1CCC(O)(CNc2nc(-c3ccccn3)nc3sccc23)C1. The van der Waals surface area contributed by atoms with E-state index in [2.05, 4.69) is 25.2 Å². The molecule has 4 rings (SSSR count). The van der Waals surface area contributed by atoms with Gasteiger partial charge in [0.25, 0.3) is 0 Å². The molecule has 0 amide bonds. The number of aromatic nitrogens is 3. The summed E-state index contributed by atoms with van der Waals surface area (Å²) in [6.45, 7) is 2.06. The molecule has 0 aromatic carbocycles. The first-order valence-electron chi connectivity index (χ1n) is 7.94. The highest BCUT2D eigenvalue weighted by Gasteiger charge is 2.34. The zero-order valence-electron chi connectivity index (χ0n) is 13.4. The minimum absolute atomic E-state index is 0.473. The number of hydrogen-bond donors (Lipinski definition) is 2. The van der Waals surface area contributed by atoms with Crippen molar-refractivity contribution >= 4 is 27.4 Å². The maximum Gasteiger partial charge on any atom is 0.181 e. The molecule has 1 aliphatic rings. The molecule has 1 aliphatic heterocycles. The number of nitrogens with zero attached hydrogens (tertiary/aromatic N) is 4. The third-order valence-corrected chi connectivity index (χ3v) is 5.13. The molecule has 0 saturated carbocycles. The number of hydrogen-bond acceptors (Lipinski definition) is 7. The van der Waals surface area contributed by atoms with E-state index in [1.807, 2.05) is 36.7 Å². The van der Waals surface area contributed by atoms with Crippen molar-refractivity contribution in [1.29, 1.82) is 0 Å². The van der Waals surface area contributed by atoms with Gasteiger partial charge < -0.3 is 15.3 Å². The molecular formula is C17H19N5OS. The van der Waals surface area contributed by atoms with Gasteiger partial charge in [-0.15, -0.1) is 11.3 Å². The van der Waals surface area contributed by atoms with Crippen LogP contribution in [0.5, 0.6) is 0 Å². The number of rotatable bonds is 4. The molecule has 1 fully saturated rings. The van der Waals surface area contributed by atoms with E-state index >= 15 is 0 Å². The van der Waals surface area contributed by atoms with Crippen molar-refractivity contribution < 1.29 is 5.11 Å². The van der Waals surface area contributed by atoms with Gasteiger partial charge in [0.1, 0.15) is 16.3 Å². The molecule has 7 heteroatoms. The summed E-state index contributed by atoms with van der Waals surface area (Å²) < 4.78 is 0. The van der Waals surface area contributed by atoms with Gasteiger partial charge in [-0.1, -0.05) is 6.07 Å². The van der Waals surface area contributed by atoms with E-state index in [9.17, 15) is 5.11 Å². The van der Waals surface area contributed by atoms with Gasteiger partial charge in [-0.25, -0.2) is 9.97 Å². The maximum atomic E-state index is 10.7. The van der Waals surface area contributed by atoms with E-state index in [0.29, 0.717) is 18.9 Å². The Morgan fingerprint density at radius 3 is 3.00 bits per heavy atom. The standard InChI is InChI=1S/C17H19N5OS/c1-22-8-6-17(23,11-22)10-19-14-12-5-9-24-16(12)21-15(20-14)13-4-2-3-7-18-13/h2-5,7,9,23H,6,8,10-11H2,1H3,(H,19,20,21). The maximum absolute atomic E-state index is 10.7. The van der Waals surface area contributed by atoms with Crippen molar-refractivity contribution in [2.24, 2.45) is 0 Å². The summed E-state index contributed by atoms with van der Waals surface area (Å²) in [6, 6.07) is 7.71. The van der Waals surface area contributed by atoms with E-state index in [1.54, 1.807) is 17.5 Å². The van der Waals surface area contributed by atoms with Gasteiger partial charge in [-0.05, 0) is 37.0 Å². The van der Waals surface area contributed by atoms with Crippen LogP contribution >= 0.6 is 11.3 Å². The Morgan fingerprint density at radius 1 is 1.33 bits per heavy atom. The highest BCUT2D eigenvalue weighted by molar-refractivity contribution is 7.16. The zero-order chi connectivity index (χ0) is 16.6. The molecule has 124 valence electrons. The Morgan fingerprint density at radius 2 is 2.25 bits per heavy atom. The summed E-state index contributed by atoms with van der Waals surface area (Å²) in [5.41, 5.74) is 0.0304. The number of nitrogens with one attached hydrogen (secondary N) is 1. The first-order valence-corrected chi connectivity index (χ1v) is 8.82. The van der Waals surface area contributed by atoms with Gasteiger partial charge in [0, 0.05) is 25.8 Å². The Labute approximate surface area is 144 Å². The summed E-state index contributed by atoms with van der Waals surface area (Å²) in [5.74, 6) is 1.36. The lowest BCUT2D eigenvalue weighted by atomic mass is 10.0. The minimum atomic E-state index is -0.715. The van der Waals surface area contributed by atoms with Crippen molar-refractivity contribution in [3.05, 3.63) is 35.8 Å². The van der Waals surface area contributed by atoms with Crippen LogP contribution in [0.25, 0.3) is 21.7 Å². The fourth-order valence-corrected chi connectivity index (χ4v) is 3.82. The molecule has 2 N–H and O–H groups in total. The van der Waals surface area contributed by atoms with Gasteiger partial charge in [0.05, 0.1) is 11.0 Å². The monoisotopic (exact) mass is 341 g/mol. The molecule has 1 saturated heterocycles. The van der Waals surface area contributed by atoms with Crippen LogP contribution < -0.4 is 5.32 Å². The lowest BCUT2D eigenvalue weighted by molar-refractivity contribution is 0.0653. The second kappa shape index (κ2) is 6.08. The molecule has 3 aromatic rings. The first kappa shape index (κ1) is 15.4. The molecule has 6 nitrogen and oxygen atoms in total. The molecule has 0 aliphatic carbocycles. The Kier molecular flexibility index (Phi) is 3.91. The van der Waals surface area contributed by atoms with Gasteiger partial charge in [-0.3, -0.25) is 4.98 Å². The van der Waals surface area contributed by atoms with Crippen molar-refractivity contribution in [2.75, 3.05) is 32.0 Å². The van der Waals surface area contributed by atoms with Crippen LogP contribution in [-0.4, -0.2) is 57.2 Å². The Bertz CT molecular complexity index is 853. The topological polar surface area (TPSA) is 74.2 Å². The fraction of sp³-hybridized carbons (Fsp3) is 0.353. The van der Waals surface area contributed by atoms with Crippen LogP contribution in [0.2, 0.25) is 0 Å². The third-order valence-electron chi connectivity index (χ3n) is 4.33. The van der Waals surface area contributed by atoms with Crippen LogP contribution in [0, 0.1) is 0 Å². The minimum Gasteiger partial charge on any atom is -0.387 e. The summed E-state index contributed by atoms with van der Waals surface area (Å²) in [6.07, 6.45) is 2.50. The third kappa shape index (κ3) is 2.98. The second-order valence-corrected chi connectivity index (χ2v) is 7.21. The van der Waals surface area contributed by atoms with Crippen LogP contribution in [0.4, 0.5) is 5.82 Å². The van der Waals surface area contributed by atoms with Crippen molar-refractivity contribution in [3.8, 4) is 11.5 Å². The number of aliphatic hydroxyl groups is 1. The van der Waals surface area contributed by atoms with Gasteiger partial charge in [0.2, 0.25) is 0 Å². The van der Waals surface area contributed by atoms with Crippen LogP contribution in [0.3, 0.4) is 0 Å². The van der Waals surface area contributed by atoms with E-state index in [4.69, 9.17) is 0 Å². The molecule has 1 atom stereocenters. The summed E-state index contributed by atoms with van der Waals surface area (Å²) in [7, 11) is 2.03. The number of likely N-dealkylation sites (N-methyl/N-ethyl adjacent to an activating group) is 1. The zero-order valence-corrected chi connectivity index (χ0v) is 14.3. The summed E-state index contributed by atoms with van der Waals surface area (Å²) >= 11 is 1.58. The van der Waals surface area contributed by atoms with Crippen molar-refractivity contribution in [1.82, 2.24) is 19.9 Å². The summed E-state index contributed by atoms with van der Waals surface area (Å²) in [4.78, 5) is 16.7. The number of pyridine rings is 1. The smallest absolute Gasteiger partial charge is 0.181 e. The molecule has 4 heterocycles. The average Bonchev–Trinajstić information content (AvgIpc) is 3.20. The van der Waals surface area contributed by atoms with Crippen LogP contribution in [-0.2, 0) is 0 Å². The molecule has 0 bridgehead atoms. The highest BCUT2D eigenvalue weighted by atomic mass is 32.1. The predicted octanol–water partition coefficient (Wildman–Crippen LogP) is 2.23. The van der Waals surface area contributed by atoms with Gasteiger partial charge in [0.15, 0.2) is 5.82 Å². The highest BCUT2D eigenvalue weighted by Crippen LogP contribution is 2.29. The quantitative estimate of drug-likeness (QED) is 0.758. The lowest BCUT2D eigenvalue weighted by Crippen LogP contribution is -2.39. The number of likely N-dealkylation sites (tertiary alicyclic amines) is 1. The predicted molar refractivity (Wildman–Crippen MR) is 96.2 cm³/mol. The van der Waals surface area contributed by atoms with Crippen LogP contribution in [0.1, 0.15) is 6.42 Å². The van der Waals surface area contributed by atoms with E-state index < -0.39 is 5.60 Å². The molecule has 0 spiro atoms. The van der Waals surface area contributed by atoms with Crippen molar-refractivity contribution in [2.45, 2.75) is 12.0 Å². The fourth-order valence-electron chi connectivity index (χ4n) is 3.05. The largest absolute Gasteiger partial charge is 0.387 e. The van der Waals surface area contributed by atoms with E-state index in [-0.39, 0.29) is 0 Å². The Balaban J connectivity index is 1.65. The number of β-amino-alcohol motifs (C(OH)–C–C–N with tert-alkyl or cyclic N) is 1. The average molecular weight is 341 g/mol. The molecule has 0 radical (unpaired) electrons. The molecular weight excluding hydrogens is 322 g/mol. The van der Waals surface area contributed by atoms with Gasteiger partial charge in [-0.2, -0.15) is 0 Å². The summed E-state index contributed by atoms with van der Waals surface area (Å²) in [5, 5.41) is 17.0. The van der Waals surface area contributed by atoms with Crippen molar-refractivity contribution in [3.63, 3.8) is 0 Å². The molecule has 1 unspecified atom stereocenters. The number of fused-ring (bicyclic) bond motifs is 1. The normalized spacial score (nSPS) is 21.4. The number of anilines is 1. The second-order valence-electron chi connectivity index (χ2n) is 6.32. The molecule has 3 aromatic heterocycles.